The lowest BCUT2D eigenvalue weighted by Crippen LogP contribution is -2.40. The Balaban J connectivity index is 1.84. The molecular weight excluding hydrogens is 332 g/mol. The van der Waals surface area contributed by atoms with E-state index in [0.717, 1.165) is 4.90 Å². The average Bonchev–Trinajstić information content (AvgIpc) is 3.08. The third kappa shape index (κ3) is 2.75. The minimum absolute atomic E-state index is 0.0619. The topological polar surface area (TPSA) is 88.3 Å². The van der Waals surface area contributed by atoms with Gasteiger partial charge in [0.05, 0.1) is 0 Å². The van der Waals surface area contributed by atoms with Gasteiger partial charge in [0.25, 0.3) is 5.91 Å². The van der Waals surface area contributed by atoms with E-state index < -0.39 is 11.6 Å². The Bertz CT molecular complexity index is 787. The van der Waals surface area contributed by atoms with Crippen LogP contribution in [0, 0.1) is 0 Å². The molecule has 0 bridgehead atoms. The molecule has 1 N–H and O–H groups in total. The number of hydrogen-bond donors (Lipinski definition) is 1. The predicted molar refractivity (Wildman–Crippen MR) is 86.3 cm³/mol. The first-order chi connectivity index (χ1) is 11.3. The predicted octanol–water partition coefficient (Wildman–Crippen LogP) is 2.81. The number of aromatic nitrogens is 2. The van der Waals surface area contributed by atoms with E-state index in [1.54, 1.807) is 31.2 Å². The summed E-state index contributed by atoms with van der Waals surface area (Å²) in [5, 5.41) is 7.12. The van der Waals surface area contributed by atoms with E-state index in [0.29, 0.717) is 16.4 Å². The maximum absolute atomic E-state index is 12.8. The van der Waals surface area contributed by atoms with Crippen LogP contribution in [0.5, 0.6) is 0 Å². The molecule has 1 aromatic heterocycles. The highest BCUT2D eigenvalue weighted by Crippen LogP contribution is 2.30. The molecule has 8 heteroatoms. The monoisotopic (exact) mass is 348 g/mol. The highest BCUT2D eigenvalue weighted by atomic mass is 35.5. The largest absolute Gasteiger partial charge is 0.337 e. The van der Waals surface area contributed by atoms with Gasteiger partial charge in [-0.15, -0.1) is 0 Å². The van der Waals surface area contributed by atoms with E-state index in [1.165, 1.54) is 0 Å². The maximum atomic E-state index is 12.8. The number of nitrogens with zero attached hydrogens (tertiary/aromatic N) is 3. The van der Waals surface area contributed by atoms with Gasteiger partial charge in [-0.25, -0.2) is 4.79 Å². The van der Waals surface area contributed by atoms with Crippen LogP contribution in [-0.4, -0.2) is 27.0 Å². The SMILES string of the molecule is CC(C)c1noc(CN2C(=O)N[C@](C)(c3ccc(Cl)cc3)C2=O)n1. The summed E-state index contributed by atoms with van der Waals surface area (Å²) < 4.78 is 5.12. The van der Waals surface area contributed by atoms with Gasteiger partial charge in [0.15, 0.2) is 5.82 Å². The molecule has 1 fully saturated rings. The molecule has 1 atom stereocenters. The van der Waals surface area contributed by atoms with Crippen LogP contribution in [-0.2, 0) is 16.9 Å². The fraction of sp³-hybridized carbons (Fsp3) is 0.375. The molecule has 1 aliphatic rings. The normalized spacial score (nSPS) is 20.8. The van der Waals surface area contributed by atoms with Crippen molar-refractivity contribution < 1.29 is 14.1 Å². The zero-order chi connectivity index (χ0) is 17.5. The van der Waals surface area contributed by atoms with Gasteiger partial charge in [-0.1, -0.05) is 42.7 Å². The van der Waals surface area contributed by atoms with Crippen molar-refractivity contribution in [1.29, 1.82) is 0 Å². The average molecular weight is 349 g/mol. The molecule has 126 valence electrons. The number of carbonyl (C=O) groups is 2. The van der Waals surface area contributed by atoms with Gasteiger partial charge in [-0.05, 0) is 24.6 Å². The highest BCUT2D eigenvalue weighted by molar-refractivity contribution is 6.30. The van der Waals surface area contributed by atoms with E-state index in [1.807, 2.05) is 13.8 Å². The van der Waals surface area contributed by atoms with E-state index in [-0.39, 0.29) is 24.3 Å². The second-order valence-corrected chi connectivity index (χ2v) is 6.59. The molecular formula is C16H17ClN4O3. The first-order valence-corrected chi connectivity index (χ1v) is 7.91. The van der Waals surface area contributed by atoms with Gasteiger partial charge < -0.3 is 9.84 Å². The van der Waals surface area contributed by atoms with Gasteiger partial charge in [0, 0.05) is 10.9 Å². The quantitative estimate of drug-likeness (QED) is 0.858. The zero-order valence-corrected chi connectivity index (χ0v) is 14.3. The molecule has 0 spiro atoms. The van der Waals surface area contributed by atoms with E-state index in [9.17, 15) is 9.59 Å². The second kappa shape index (κ2) is 5.90. The van der Waals surface area contributed by atoms with Crippen molar-refractivity contribution in [3.05, 3.63) is 46.6 Å². The van der Waals surface area contributed by atoms with Crippen molar-refractivity contribution in [2.45, 2.75) is 38.8 Å². The summed E-state index contributed by atoms with van der Waals surface area (Å²) in [6.07, 6.45) is 0. The molecule has 1 aliphatic heterocycles. The molecule has 7 nitrogen and oxygen atoms in total. The van der Waals surface area contributed by atoms with Crippen molar-refractivity contribution in [2.24, 2.45) is 0 Å². The molecule has 0 unspecified atom stereocenters. The number of rotatable bonds is 4. The number of hydrogen-bond acceptors (Lipinski definition) is 5. The van der Waals surface area contributed by atoms with Gasteiger partial charge in [0.1, 0.15) is 12.1 Å². The van der Waals surface area contributed by atoms with Crippen molar-refractivity contribution in [1.82, 2.24) is 20.4 Å². The molecule has 2 aromatic rings. The number of benzene rings is 1. The molecule has 0 saturated carbocycles. The van der Waals surface area contributed by atoms with Crippen LogP contribution in [0.1, 0.15) is 44.0 Å². The molecule has 1 aromatic carbocycles. The van der Waals surface area contributed by atoms with Gasteiger partial charge >= 0.3 is 6.03 Å². The molecule has 1 saturated heterocycles. The summed E-state index contributed by atoms with van der Waals surface area (Å²) in [7, 11) is 0. The van der Waals surface area contributed by atoms with Crippen LogP contribution in [0.25, 0.3) is 0 Å². The number of carbonyl (C=O) groups excluding carboxylic acids is 2. The zero-order valence-electron chi connectivity index (χ0n) is 13.5. The summed E-state index contributed by atoms with van der Waals surface area (Å²) in [5.74, 6) is 0.490. The third-order valence-electron chi connectivity index (χ3n) is 3.99. The third-order valence-corrected chi connectivity index (χ3v) is 4.24. The summed E-state index contributed by atoms with van der Waals surface area (Å²) >= 11 is 5.88. The van der Waals surface area contributed by atoms with Crippen LogP contribution >= 0.6 is 11.6 Å². The Labute approximate surface area is 144 Å². The molecule has 3 rings (SSSR count). The fourth-order valence-electron chi connectivity index (χ4n) is 2.52. The summed E-state index contributed by atoms with van der Waals surface area (Å²) in [5.41, 5.74) is -0.496. The number of amides is 3. The van der Waals surface area contributed by atoms with Crippen LogP contribution in [0.3, 0.4) is 0 Å². The van der Waals surface area contributed by atoms with Gasteiger partial charge in [0.2, 0.25) is 5.89 Å². The summed E-state index contributed by atoms with van der Waals surface area (Å²) in [6.45, 7) is 5.46. The smallest absolute Gasteiger partial charge is 0.325 e. The van der Waals surface area contributed by atoms with Crippen LogP contribution in [0.2, 0.25) is 5.02 Å². The van der Waals surface area contributed by atoms with Crippen LogP contribution < -0.4 is 5.32 Å². The first-order valence-electron chi connectivity index (χ1n) is 7.54. The Hall–Kier alpha value is -2.41. The number of nitrogens with one attached hydrogen (secondary N) is 1. The molecule has 0 radical (unpaired) electrons. The second-order valence-electron chi connectivity index (χ2n) is 6.15. The lowest BCUT2D eigenvalue weighted by atomic mass is 9.92. The standard InChI is InChI=1S/C16H17ClN4O3/c1-9(2)13-18-12(24-20-13)8-21-14(22)16(3,19-15(21)23)10-4-6-11(17)7-5-10/h4-7,9H,8H2,1-3H3,(H,19,23)/t16-/m1/s1. The minimum atomic E-state index is -1.15. The van der Waals surface area contributed by atoms with Crippen molar-refractivity contribution in [3.8, 4) is 0 Å². The van der Waals surface area contributed by atoms with Crippen molar-refractivity contribution in [2.75, 3.05) is 0 Å². The van der Waals surface area contributed by atoms with Gasteiger partial charge in [-0.2, -0.15) is 4.98 Å². The van der Waals surface area contributed by atoms with E-state index in [4.69, 9.17) is 16.1 Å². The summed E-state index contributed by atoms with van der Waals surface area (Å²) in [6, 6.07) is 6.29. The fourth-order valence-corrected chi connectivity index (χ4v) is 2.65. The number of urea groups is 1. The number of imide groups is 1. The van der Waals surface area contributed by atoms with E-state index >= 15 is 0 Å². The lowest BCUT2D eigenvalue weighted by Gasteiger charge is -2.22. The Morgan fingerprint density at radius 1 is 1.29 bits per heavy atom. The molecule has 3 amide bonds. The Morgan fingerprint density at radius 3 is 2.54 bits per heavy atom. The van der Waals surface area contributed by atoms with E-state index in [2.05, 4.69) is 15.5 Å². The molecule has 24 heavy (non-hydrogen) atoms. The van der Waals surface area contributed by atoms with Crippen LogP contribution in [0.15, 0.2) is 28.8 Å². The minimum Gasteiger partial charge on any atom is -0.337 e. The van der Waals surface area contributed by atoms with Gasteiger partial charge in [-0.3, -0.25) is 9.69 Å². The Kier molecular flexibility index (Phi) is 4.04. The number of halogens is 1. The van der Waals surface area contributed by atoms with Crippen molar-refractivity contribution >= 4 is 23.5 Å². The highest BCUT2D eigenvalue weighted by Gasteiger charge is 2.49. The molecule has 2 heterocycles. The maximum Gasteiger partial charge on any atom is 0.325 e. The first kappa shape index (κ1) is 16.4. The molecule has 0 aliphatic carbocycles. The van der Waals surface area contributed by atoms with Crippen LogP contribution in [0.4, 0.5) is 4.79 Å². The van der Waals surface area contributed by atoms with Crippen molar-refractivity contribution in [3.63, 3.8) is 0 Å². The Morgan fingerprint density at radius 2 is 1.96 bits per heavy atom. The summed E-state index contributed by atoms with van der Waals surface area (Å²) in [4.78, 5) is 30.3. The lowest BCUT2D eigenvalue weighted by molar-refractivity contribution is -0.131.